The van der Waals surface area contributed by atoms with Crippen LogP contribution in [-0.4, -0.2) is 79.1 Å². The van der Waals surface area contributed by atoms with Crippen molar-refractivity contribution in [3.05, 3.63) is 24.3 Å². The highest BCUT2D eigenvalue weighted by Gasteiger charge is 2.60. The average molecular weight is 415 g/mol. The molecule has 0 aromatic heterocycles. The molecule has 1 aromatic rings. The number of urea groups is 1. The van der Waals surface area contributed by atoms with E-state index in [2.05, 4.69) is 24.1 Å². The van der Waals surface area contributed by atoms with Gasteiger partial charge in [-0.05, 0) is 30.9 Å². The number of hydrogen-bond donors (Lipinski definition) is 1. The number of nitrogens with zero attached hydrogens (tertiary/aromatic N) is 3. The van der Waals surface area contributed by atoms with Gasteiger partial charge < -0.3 is 24.8 Å². The minimum absolute atomic E-state index is 0.0884. The molecular formula is C23H34N4O3. The molecule has 4 rings (SSSR count). The summed E-state index contributed by atoms with van der Waals surface area (Å²) in [6, 6.07) is 7.31. The van der Waals surface area contributed by atoms with Crippen LogP contribution in [0.2, 0.25) is 0 Å². The van der Waals surface area contributed by atoms with Crippen LogP contribution in [0.4, 0.5) is 10.5 Å². The molecule has 164 valence electrons. The van der Waals surface area contributed by atoms with Crippen molar-refractivity contribution < 1.29 is 14.3 Å². The molecule has 3 fully saturated rings. The molecule has 0 saturated carbocycles. The standard InChI is InChI=1S/C23H34N4O3/c1-16(2)13-26-14-19-20(15-26)23(25(3)21(19)28)8-10-27(11-9-23)22(29)24-17-6-5-7-18(12-17)30-4/h5-7,12,16,19-20H,8-11,13-15H2,1-4H3,(H,24,29)/t19-,20+/m1/s1. The van der Waals surface area contributed by atoms with Crippen molar-refractivity contribution >= 4 is 17.6 Å². The highest BCUT2D eigenvalue weighted by atomic mass is 16.5. The largest absolute Gasteiger partial charge is 0.497 e. The number of carbonyl (C=O) groups excluding carboxylic acids is 2. The number of likely N-dealkylation sites (tertiary alicyclic amines) is 3. The van der Waals surface area contributed by atoms with Gasteiger partial charge in [0.15, 0.2) is 0 Å². The molecule has 0 aliphatic carbocycles. The molecule has 3 aliphatic heterocycles. The fraction of sp³-hybridized carbons (Fsp3) is 0.652. The number of piperidine rings is 1. The molecular weight excluding hydrogens is 380 g/mol. The third-order valence-corrected chi connectivity index (χ3v) is 7.26. The minimum atomic E-state index is -0.111. The van der Waals surface area contributed by atoms with Crippen molar-refractivity contribution in [2.24, 2.45) is 17.8 Å². The smallest absolute Gasteiger partial charge is 0.321 e. The number of rotatable bonds is 4. The molecule has 1 aromatic carbocycles. The van der Waals surface area contributed by atoms with Crippen LogP contribution in [0.15, 0.2) is 24.3 Å². The van der Waals surface area contributed by atoms with Crippen molar-refractivity contribution in [2.45, 2.75) is 32.2 Å². The molecule has 0 bridgehead atoms. The lowest BCUT2D eigenvalue weighted by Gasteiger charge is -2.46. The van der Waals surface area contributed by atoms with E-state index in [1.165, 1.54) is 0 Å². The van der Waals surface area contributed by atoms with E-state index < -0.39 is 0 Å². The molecule has 3 heterocycles. The van der Waals surface area contributed by atoms with E-state index >= 15 is 0 Å². The Labute approximate surface area is 179 Å². The molecule has 1 N–H and O–H groups in total. The average Bonchev–Trinajstić information content (AvgIpc) is 3.22. The van der Waals surface area contributed by atoms with Crippen LogP contribution in [-0.2, 0) is 4.79 Å². The van der Waals surface area contributed by atoms with Crippen molar-refractivity contribution in [3.8, 4) is 5.75 Å². The Kier molecular flexibility index (Phi) is 5.66. The number of methoxy groups -OCH3 is 1. The number of nitrogens with one attached hydrogen (secondary N) is 1. The maximum absolute atomic E-state index is 13.0. The van der Waals surface area contributed by atoms with Gasteiger partial charge in [0, 0.05) is 57.4 Å². The number of hydrogen-bond acceptors (Lipinski definition) is 4. The van der Waals surface area contributed by atoms with Crippen LogP contribution in [0.1, 0.15) is 26.7 Å². The predicted molar refractivity (Wildman–Crippen MR) is 117 cm³/mol. The molecule has 7 heteroatoms. The molecule has 3 saturated heterocycles. The lowest BCUT2D eigenvalue weighted by Crippen LogP contribution is -2.57. The molecule has 7 nitrogen and oxygen atoms in total. The summed E-state index contributed by atoms with van der Waals surface area (Å²) < 4.78 is 5.23. The third kappa shape index (κ3) is 3.64. The van der Waals surface area contributed by atoms with Crippen molar-refractivity contribution in [1.29, 1.82) is 0 Å². The summed E-state index contributed by atoms with van der Waals surface area (Å²) in [5.41, 5.74) is 0.619. The van der Waals surface area contributed by atoms with Gasteiger partial charge in [-0.1, -0.05) is 19.9 Å². The van der Waals surface area contributed by atoms with E-state index in [0.717, 1.165) is 43.9 Å². The van der Waals surface area contributed by atoms with E-state index in [1.54, 1.807) is 7.11 Å². The van der Waals surface area contributed by atoms with Gasteiger partial charge in [-0.2, -0.15) is 0 Å². The van der Waals surface area contributed by atoms with Crippen LogP contribution in [0, 0.1) is 17.8 Å². The normalized spacial score (nSPS) is 25.8. The molecule has 3 aliphatic rings. The summed E-state index contributed by atoms with van der Waals surface area (Å²) in [5, 5.41) is 2.98. The Hall–Kier alpha value is -2.28. The Morgan fingerprint density at radius 3 is 2.67 bits per heavy atom. The van der Waals surface area contributed by atoms with Gasteiger partial charge in [0.25, 0.3) is 0 Å². The van der Waals surface area contributed by atoms with E-state index in [-0.39, 0.29) is 17.5 Å². The zero-order valence-electron chi connectivity index (χ0n) is 18.6. The molecule has 0 radical (unpaired) electrons. The zero-order valence-corrected chi connectivity index (χ0v) is 18.6. The van der Waals surface area contributed by atoms with Gasteiger partial charge in [-0.3, -0.25) is 4.79 Å². The summed E-state index contributed by atoms with van der Waals surface area (Å²) in [7, 11) is 3.59. The fourth-order valence-corrected chi connectivity index (χ4v) is 5.77. The van der Waals surface area contributed by atoms with E-state index in [4.69, 9.17) is 4.74 Å². The number of amides is 3. The minimum Gasteiger partial charge on any atom is -0.497 e. The first-order valence-electron chi connectivity index (χ1n) is 11.0. The van der Waals surface area contributed by atoms with Crippen LogP contribution in [0.25, 0.3) is 0 Å². The predicted octanol–water partition coefficient (Wildman–Crippen LogP) is 2.74. The summed E-state index contributed by atoms with van der Waals surface area (Å²) in [5.74, 6) is 2.10. The molecule has 1 spiro atoms. The third-order valence-electron chi connectivity index (χ3n) is 7.26. The van der Waals surface area contributed by atoms with Crippen molar-refractivity contribution in [3.63, 3.8) is 0 Å². The first-order valence-corrected chi connectivity index (χ1v) is 11.0. The highest BCUT2D eigenvalue weighted by molar-refractivity contribution is 5.89. The molecule has 3 amide bonds. The van der Waals surface area contributed by atoms with Crippen molar-refractivity contribution in [1.82, 2.24) is 14.7 Å². The van der Waals surface area contributed by atoms with E-state index in [9.17, 15) is 9.59 Å². The summed E-state index contributed by atoms with van der Waals surface area (Å²) in [4.78, 5) is 32.2. The van der Waals surface area contributed by atoms with E-state index in [0.29, 0.717) is 30.8 Å². The summed E-state index contributed by atoms with van der Waals surface area (Å²) in [6.45, 7) is 8.73. The Morgan fingerprint density at radius 2 is 2.00 bits per heavy atom. The van der Waals surface area contributed by atoms with Gasteiger partial charge in [0.2, 0.25) is 5.91 Å². The highest BCUT2D eigenvalue weighted by Crippen LogP contribution is 2.49. The monoisotopic (exact) mass is 414 g/mol. The van der Waals surface area contributed by atoms with Gasteiger partial charge in [-0.25, -0.2) is 4.79 Å². The fourth-order valence-electron chi connectivity index (χ4n) is 5.77. The maximum Gasteiger partial charge on any atom is 0.321 e. The topological polar surface area (TPSA) is 65.1 Å². The lowest BCUT2D eigenvalue weighted by molar-refractivity contribution is -0.133. The maximum atomic E-state index is 13.0. The van der Waals surface area contributed by atoms with Crippen LogP contribution >= 0.6 is 0 Å². The second kappa shape index (κ2) is 8.10. The van der Waals surface area contributed by atoms with Gasteiger partial charge in [0.1, 0.15) is 5.75 Å². The zero-order chi connectivity index (χ0) is 21.5. The van der Waals surface area contributed by atoms with Crippen LogP contribution < -0.4 is 10.1 Å². The second-order valence-corrected chi connectivity index (χ2v) is 9.48. The first-order chi connectivity index (χ1) is 14.3. The van der Waals surface area contributed by atoms with Gasteiger partial charge >= 0.3 is 6.03 Å². The van der Waals surface area contributed by atoms with Crippen LogP contribution in [0.5, 0.6) is 5.75 Å². The number of benzene rings is 1. The van der Waals surface area contributed by atoms with Gasteiger partial charge in [-0.15, -0.1) is 0 Å². The quantitative estimate of drug-likeness (QED) is 0.823. The Morgan fingerprint density at radius 1 is 1.27 bits per heavy atom. The first kappa shape index (κ1) is 21.0. The van der Waals surface area contributed by atoms with Gasteiger partial charge in [0.05, 0.1) is 18.6 Å². The van der Waals surface area contributed by atoms with Crippen molar-refractivity contribution in [2.75, 3.05) is 52.2 Å². The Bertz CT molecular complexity index is 803. The van der Waals surface area contributed by atoms with Crippen LogP contribution in [0.3, 0.4) is 0 Å². The Balaban J connectivity index is 1.41. The summed E-state index contributed by atoms with van der Waals surface area (Å²) in [6.07, 6.45) is 1.69. The molecule has 2 atom stereocenters. The summed E-state index contributed by atoms with van der Waals surface area (Å²) >= 11 is 0. The molecule has 30 heavy (non-hydrogen) atoms. The van der Waals surface area contributed by atoms with E-state index in [1.807, 2.05) is 41.1 Å². The number of ether oxygens (including phenoxy) is 1. The SMILES string of the molecule is COc1cccc(NC(=O)N2CCC3(CC2)[C@H]2CN(CC(C)C)C[C@H]2C(=O)N3C)c1. The lowest BCUT2D eigenvalue weighted by atomic mass is 9.75. The second-order valence-electron chi connectivity index (χ2n) is 9.48. The number of fused-ring (bicyclic) bond motifs is 2. The molecule has 0 unspecified atom stereocenters. The number of carbonyl (C=O) groups is 2. The number of anilines is 1.